The number of hydrogen-bond donors (Lipinski definition) is 2. The van der Waals surface area contributed by atoms with E-state index in [0.717, 1.165) is 12.1 Å². The van der Waals surface area contributed by atoms with Gasteiger partial charge in [0.05, 0.1) is 5.02 Å². The number of carbonyl (C=O) groups is 4. The Balaban J connectivity index is 1.34. The van der Waals surface area contributed by atoms with Crippen molar-refractivity contribution in [2.45, 2.75) is 44.1 Å². The van der Waals surface area contributed by atoms with Crippen LogP contribution in [-0.4, -0.2) is 47.7 Å². The summed E-state index contributed by atoms with van der Waals surface area (Å²) in [6.07, 6.45) is 2.11. The predicted octanol–water partition coefficient (Wildman–Crippen LogP) is 2.37. The number of fused-ring (bicyclic) bond motifs is 1. The van der Waals surface area contributed by atoms with Gasteiger partial charge in [0.1, 0.15) is 11.9 Å². The van der Waals surface area contributed by atoms with E-state index in [-0.39, 0.29) is 54.0 Å². The second kappa shape index (κ2) is 8.96. The molecule has 4 amide bonds. The molecule has 0 spiro atoms. The summed E-state index contributed by atoms with van der Waals surface area (Å²) < 4.78 is 42.5. The summed E-state index contributed by atoms with van der Waals surface area (Å²) >= 11 is 5.52. The fourth-order valence-electron chi connectivity index (χ4n) is 5.06. The number of amides is 4. The van der Waals surface area contributed by atoms with Gasteiger partial charge in [-0.3, -0.25) is 24.5 Å². The largest absolute Gasteiger partial charge is 0.350 e. The van der Waals surface area contributed by atoms with Crippen molar-refractivity contribution in [2.24, 2.45) is 17.8 Å². The monoisotopic (exact) mass is 485 g/mol. The third kappa shape index (κ3) is 4.58. The molecule has 33 heavy (non-hydrogen) atoms. The van der Waals surface area contributed by atoms with Crippen LogP contribution in [0.3, 0.4) is 0 Å². The van der Waals surface area contributed by atoms with E-state index in [1.54, 1.807) is 0 Å². The summed E-state index contributed by atoms with van der Waals surface area (Å²) in [6.45, 7) is 0.362. The summed E-state index contributed by atoms with van der Waals surface area (Å²) in [5.74, 6) is -7.84. The van der Waals surface area contributed by atoms with Gasteiger partial charge in [-0.15, -0.1) is 0 Å². The molecule has 3 aliphatic rings. The van der Waals surface area contributed by atoms with Gasteiger partial charge in [-0.25, -0.2) is 4.39 Å². The van der Waals surface area contributed by atoms with E-state index in [2.05, 4.69) is 10.6 Å². The molecule has 4 unspecified atom stereocenters. The minimum absolute atomic E-state index is 0.000320. The predicted molar refractivity (Wildman–Crippen MR) is 111 cm³/mol. The third-order valence-electron chi connectivity index (χ3n) is 6.83. The molecule has 1 aliphatic carbocycles. The van der Waals surface area contributed by atoms with Gasteiger partial charge in [0.15, 0.2) is 0 Å². The minimum atomic E-state index is -3.92. The second-order valence-electron chi connectivity index (χ2n) is 8.92. The Labute approximate surface area is 193 Å². The van der Waals surface area contributed by atoms with Crippen LogP contribution in [0.2, 0.25) is 5.02 Å². The van der Waals surface area contributed by atoms with E-state index in [0.29, 0.717) is 31.9 Å². The quantitative estimate of drug-likeness (QED) is 0.626. The molecule has 4 rings (SSSR count). The highest BCUT2D eigenvalue weighted by Crippen LogP contribution is 2.41. The van der Waals surface area contributed by atoms with Gasteiger partial charge in [0.25, 0.3) is 5.91 Å². The fraction of sp³-hybridized carbons (Fsp3) is 0.545. The maximum absolute atomic E-state index is 14.5. The van der Waals surface area contributed by atoms with Crippen molar-refractivity contribution >= 4 is 35.2 Å². The molecular formula is C22H23ClF3N3O4. The first kappa shape index (κ1) is 23.5. The van der Waals surface area contributed by atoms with Crippen molar-refractivity contribution in [1.29, 1.82) is 0 Å². The number of rotatable bonds is 5. The van der Waals surface area contributed by atoms with E-state index >= 15 is 0 Å². The Bertz CT molecular complexity index is 1010. The molecule has 1 saturated carbocycles. The number of imide groups is 1. The smallest absolute Gasteiger partial charge is 0.349 e. The maximum atomic E-state index is 14.5. The van der Waals surface area contributed by atoms with Crippen LogP contribution in [0.4, 0.5) is 13.2 Å². The summed E-state index contributed by atoms with van der Waals surface area (Å²) in [7, 11) is 0. The first-order chi connectivity index (χ1) is 15.6. The molecule has 0 radical (unpaired) electrons. The number of alkyl halides is 2. The zero-order chi connectivity index (χ0) is 23.9. The van der Waals surface area contributed by atoms with Crippen LogP contribution >= 0.6 is 11.6 Å². The number of nitrogens with zero attached hydrogens (tertiary/aromatic N) is 1. The molecular weight excluding hydrogens is 463 g/mol. The van der Waals surface area contributed by atoms with Crippen LogP contribution in [0, 0.1) is 23.6 Å². The Morgan fingerprint density at radius 1 is 1.21 bits per heavy atom. The minimum Gasteiger partial charge on any atom is -0.350 e. The van der Waals surface area contributed by atoms with E-state index in [9.17, 15) is 32.3 Å². The molecule has 1 aromatic carbocycles. The second-order valence-corrected chi connectivity index (χ2v) is 9.32. The topological polar surface area (TPSA) is 95.6 Å². The average molecular weight is 486 g/mol. The highest BCUT2D eigenvalue weighted by molar-refractivity contribution is 6.30. The van der Waals surface area contributed by atoms with Gasteiger partial charge >= 0.3 is 5.92 Å². The van der Waals surface area contributed by atoms with Crippen LogP contribution in [0.1, 0.15) is 37.7 Å². The highest BCUT2D eigenvalue weighted by Gasteiger charge is 2.48. The third-order valence-corrected chi connectivity index (χ3v) is 7.13. The molecule has 178 valence electrons. The van der Waals surface area contributed by atoms with Crippen LogP contribution in [0.5, 0.6) is 0 Å². The Morgan fingerprint density at radius 2 is 1.97 bits per heavy atom. The zero-order valence-corrected chi connectivity index (χ0v) is 18.3. The summed E-state index contributed by atoms with van der Waals surface area (Å²) in [5.41, 5.74) is -0.785. The molecule has 0 aromatic heterocycles. The number of likely N-dealkylation sites (tertiary alicyclic amines) is 1. The molecule has 2 N–H and O–H groups in total. The maximum Gasteiger partial charge on any atom is 0.349 e. The number of nitrogens with one attached hydrogen (secondary N) is 2. The van der Waals surface area contributed by atoms with Crippen molar-refractivity contribution in [3.63, 3.8) is 0 Å². The molecule has 1 aromatic rings. The molecule has 3 fully saturated rings. The molecule has 2 aliphatic heterocycles. The van der Waals surface area contributed by atoms with Crippen LogP contribution in [0.15, 0.2) is 18.2 Å². The number of piperidine rings is 1. The Hall–Kier alpha value is -2.62. The van der Waals surface area contributed by atoms with Gasteiger partial charge in [0.2, 0.25) is 17.7 Å². The van der Waals surface area contributed by atoms with Crippen molar-refractivity contribution in [3.8, 4) is 0 Å². The number of halogens is 4. The van der Waals surface area contributed by atoms with Crippen LogP contribution < -0.4 is 10.6 Å². The van der Waals surface area contributed by atoms with Gasteiger partial charge in [-0.05, 0) is 49.7 Å². The van der Waals surface area contributed by atoms with E-state index in [4.69, 9.17) is 11.6 Å². The average Bonchev–Trinajstić information content (AvgIpc) is 3.09. The Kier molecular flexibility index (Phi) is 6.39. The normalized spacial score (nSPS) is 27.9. The van der Waals surface area contributed by atoms with E-state index < -0.39 is 35.2 Å². The van der Waals surface area contributed by atoms with Crippen molar-refractivity contribution in [3.05, 3.63) is 34.6 Å². The highest BCUT2D eigenvalue weighted by atomic mass is 35.5. The first-order valence-corrected chi connectivity index (χ1v) is 11.2. The lowest BCUT2D eigenvalue weighted by Gasteiger charge is -2.30. The fourth-order valence-corrected chi connectivity index (χ4v) is 5.18. The van der Waals surface area contributed by atoms with E-state index in [1.165, 1.54) is 4.90 Å². The van der Waals surface area contributed by atoms with Crippen molar-refractivity contribution < 1.29 is 32.3 Å². The summed E-state index contributed by atoms with van der Waals surface area (Å²) in [6, 6.07) is 1.75. The number of benzene rings is 1. The van der Waals surface area contributed by atoms with Gasteiger partial charge in [-0.2, -0.15) is 8.78 Å². The SMILES string of the molecule is O=C1CCC(N2CC3CC(CNC(=O)C(F)(F)c4ccc(Cl)c(F)c4)CCC3C2=O)C(=O)N1. The zero-order valence-electron chi connectivity index (χ0n) is 17.6. The summed E-state index contributed by atoms with van der Waals surface area (Å²) in [4.78, 5) is 50.1. The van der Waals surface area contributed by atoms with Crippen molar-refractivity contribution in [2.75, 3.05) is 13.1 Å². The lowest BCUT2D eigenvalue weighted by Crippen LogP contribution is -2.53. The van der Waals surface area contributed by atoms with Gasteiger partial charge in [0, 0.05) is 31.0 Å². The molecule has 0 bridgehead atoms. The van der Waals surface area contributed by atoms with Gasteiger partial charge in [-0.1, -0.05) is 17.7 Å². The number of hydrogen-bond acceptors (Lipinski definition) is 4. The van der Waals surface area contributed by atoms with Gasteiger partial charge < -0.3 is 10.2 Å². The molecule has 11 heteroatoms. The molecule has 4 atom stereocenters. The summed E-state index contributed by atoms with van der Waals surface area (Å²) in [5, 5.41) is 4.21. The molecule has 2 saturated heterocycles. The van der Waals surface area contributed by atoms with Crippen molar-refractivity contribution in [1.82, 2.24) is 15.5 Å². The van der Waals surface area contributed by atoms with E-state index in [1.807, 2.05) is 0 Å². The molecule has 7 nitrogen and oxygen atoms in total. The van der Waals surface area contributed by atoms with Crippen LogP contribution in [0.25, 0.3) is 0 Å². The van der Waals surface area contributed by atoms with Crippen LogP contribution in [-0.2, 0) is 25.1 Å². The lowest BCUT2D eigenvalue weighted by molar-refractivity contribution is -0.147. The number of carbonyl (C=O) groups excluding carboxylic acids is 4. The first-order valence-electron chi connectivity index (χ1n) is 10.8. The molecule has 2 heterocycles. The standard InChI is InChI=1S/C22H23ClF3N3O4/c23-15-4-2-13(8-16(15)24)22(25,26)21(33)27-9-11-1-3-14-12(7-11)10-29(20(14)32)17-5-6-18(30)28-19(17)31/h2,4,8,11-12,14,17H,1,3,5-7,9-10H2,(H,27,33)(H,28,30,31). The Morgan fingerprint density at radius 3 is 2.67 bits per heavy atom. The lowest BCUT2D eigenvalue weighted by atomic mass is 9.75.